The van der Waals surface area contributed by atoms with Gasteiger partial charge in [0.05, 0.1) is 18.5 Å². The average molecular weight is 353 g/mol. The van der Waals surface area contributed by atoms with E-state index >= 15 is 0 Å². The number of benzene rings is 1. The lowest BCUT2D eigenvalue weighted by atomic mass is 9.89. The Morgan fingerprint density at radius 1 is 1.08 bits per heavy atom. The molecule has 1 aromatic heterocycles. The number of rotatable bonds is 4. The van der Waals surface area contributed by atoms with Crippen LogP contribution < -0.4 is 4.74 Å². The van der Waals surface area contributed by atoms with Gasteiger partial charge >= 0.3 is 0 Å². The molecule has 138 valence electrons. The molecule has 2 fully saturated rings. The summed E-state index contributed by atoms with van der Waals surface area (Å²) in [5.41, 5.74) is 3.10. The zero-order valence-electron chi connectivity index (χ0n) is 15.4. The maximum Gasteiger partial charge on any atom is 0.128 e. The molecule has 2 aliphatic heterocycles. The van der Waals surface area contributed by atoms with Gasteiger partial charge in [-0.2, -0.15) is 0 Å². The fourth-order valence-electron chi connectivity index (χ4n) is 4.31. The Morgan fingerprint density at radius 2 is 1.88 bits per heavy atom. The van der Waals surface area contributed by atoms with Crippen LogP contribution in [0.5, 0.6) is 5.75 Å². The number of hydrogen-bond donors (Lipinski definition) is 0. The minimum absolute atomic E-state index is 0.417. The third kappa shape index (κ3) is 3.60. The van der Waals surface area contributed by atoms with E-state index in [2.05, 4.69) is 16.0 Å². The number of para-hydroxylation sites is 1. The van der Waals surface area contributed by atoms with Gasteiger partial charge in [-0.15, -0.1) is 0 Å². The Morgan fingerprint density at radius 3 is 2.73 bits per heavy atom. The first-order chi connectivity index (χ1) is 12.9. The predicted molar refractivity (Wildman–Crippen MR) is 101 cm³/mol. The molecular weight excluding hydrogens is 326 g/mol. The SMILES string of the molecule is COc1ccccc1-c1nccnc1[C@@H]1CCCN(C2CCOCC2)C1. The second-order valence-electron chi connectivity index (χ2n) is 7.17. The molecule has 26 heavy (non-hydrogen) atoms. The first-order valence-electron chi connectivity index (χ1n) is 9.63. The van der Waals surface area contributed by atoms with Crippen molar-refractivity contribution >= 4 is 0 Å². The standard InChI is InChI=1S/C21H27N3O2/c1-25-19-7-3-2-6-18(19)21-20(22-10-11-23-21)16-5-4-12-24(15-16)17-8-13-26-14-9-17/h2-3,6-7,10-11,16-17H,4-5,8-9,12-15H2,1H3/t16-/m1/s1. The number of nitrogens with zero attached hydrogens (tertiary/aromatic N) is 3. The molecule has 0 unspecified atom stereocenters. The second kappa shape index (κ2) is 8.14. The van der Waals surface area contributed by atoms with Crippen molar-refractivity contribution in [2.75, 3.05) is 33.4 Å². The van der Waals surface area contributed by atoms with E-state index < -0.39 is 0 Å². The molecule has 3 heterocycles. The van der Waals surface area contributed by atoms with Crippen molar-refractivity contribution in [2.24, 2.45) is 0 Å². The van der Waals surface area contributed by atoms with E-state index in [9.17, 15) is 0 Å². The van der Waals surface area contributed by atoms with Crippen molar-refractivity contribution < 1.29 is 9.47 Å². The van der Waals surface area contributed by atoms with Gasteiger partial charge in [0.15, 0.2) is 0 Å². The molecule has 2 saturated heterocycles. The minimum atomic E-state index is 0.417. The lowest BCUT2D eigenvalue weighted by Gasteiger charge is -2.40. The van der Waals surface area contributed by atoms with Crippen LogP contribution in [0.1, 0.15) is 37.3 Å². The average Bonchev–Trinajstić information content (AvgIpc) is 2.74. The number of ether oxygens (including phenoxy) is 2. The summed E-state index contributed by atoms with van der Waals surface area (Å²) in [6.07, 6.45) is 8.27. The van der Waals surface area contributed by atoms with Crippen LogP contribution in [0.3, 0.4) is 0 Å². The van der Waals surface area contributed by atoms with Gasteiger partial charge in [-0.05, 0) is 44.4 Å². The lowest BCUT2D eigenvalue weighted by Crippen LogP contribution is -2.44. The summed E-state index contributed by atoms with van der Waals surface area (Å²) in [6, 6.07) is 8.74. The number of piperidine rings is 1. The molecule has 0 N–H and O–H groups in total. The topological polar surface area (TPSA) is 47.5 Å². The van der Waals surface area contributed by atoms with E-state index in [1.165, 1.54) is 19.4 Å². The Labute approximate surface area is 155 Å². The summed E-state index contributed by atoms with van der Waals surface area (Å²) < 4.78 is 11.1. The molecule has 5 nitrogen and oxygen atoms in total. The third-order valence-corrected chi connectivity index (χ3v) is 5.64. The highest BCUT2D eigenvalue weighted by molar-refractivity contribution is 5.69. The Balaban J connectivity index is 1.61. The van der Waals surface area contributed by atoms with Crippen molar-refractivity contribution in [3.05, 3.63) is 42.4 Å². The first-order valence-corrected chi connectivity index (χ1v) is 9.63. The summed E-state index contributed by atoms with van der Waals surface area (Å²) in [4.78, 5) is 12.1. The molecule has 5 heteroatoms. The maximum absolute atomic E-state index is 5.57. The monoisotopic (exact) mass is 353 g/mol. The van der Waals surface area contributed by atoms with Crippen LogP contribution in [-0.4, -0.2) is 54.3 Å². The van der Waals surface area contributed by atoms with E-state index in [0.717, 1.165) is 55.3 Å². The fourth-order valence-corrected chi connectivity index (χ4v) is 4.31. The smallest absolute Gasteiger partial charge is 0.128 e. The number of methoxy groups -OCH3 is 1. The van der Waals surface area contributed by atoms with Gasteiger partial charge < -0.3 is 9.47 Å². The van der Waals surface area contributed by atoms with E-state index in [1.54, 1.807) is 13.3 Å². The normalized spacial score (nSPS) is 22.3. The molecule has 2 aliphatic rings. The molecule has 0 saturated carbocycles. The first kappa shape index (κ1) is 17.4. The van der Waals surface area contributed by atoms with Crippen LogP contribution >= 0.6 is 0 Å². The van der Waals surface area contributed by atoms with Gasteiger partial charge in [-0.25, -0.2) is 0 Å². The summed E-state index contributed by atoms with van der Waals surface area (Å²) in [7, 11) is 1.71. The molecule has 4 rings (SSSR count). The van der Waals surface area contributed by atoms with Crippen molar-refractivity contribution in [2.45, 2.75) is 37.6 Å². The van der Waals surface area contributed by atoms with Crippen LogP contribution in [0.15, 0.2) is 36.7 Å². The van der Waals surface area contributed by atoms with Gasteiger partial charge in [-0.3, -0.25) is 14.9 Å². The third-order valence-electron chi connectivity index (χ3n) is 5.64. The molecule has 1 atom stereocenters. The van der Waals surface area contributed by atoms with Crippen molar-refractivity contribution in [3.8, 4) is 17.0 Å². The molecular formula is C21H27N3O2. The van der Waals surface area contributed by atoms with Crippen molar-refractivity contribution in [1.29, 1.82) is 0 Å². The summed E-state index contributed by atoms with van der Waals surface area (Å²) in [5.74, 6) is 1.27. The van der Waals surface area contributed by atoms with E-state index in [1.807, 2.05) is 24.4 Å². The Kier molecular flexibility index (Phi) is 5.46. The van der Waals surface area contributed by atoms with Crippen LogP contribution in [0.4, 0.5) is 0 Å². The largest absolute Gasteiger partial charge is 0.496 e. The minimum Gasteiger partial charge on any atom is -0.496 e. The highest BCUT2D eigenvalue weighted by Gasteiger charge is 2.30. The van der Waals surface area contributed by atoms with Gasteiger partial charge in [0.2, 0.25) is 0 Å². The van der Waals surface area contributed by atoms with E-state index in [-0.39, 0.29) is 0 Å². The summed E-state index contributed by atoms with van der Waals surface area (Å²) >= 11 is 0. The Hall–Kier alpha value is -1.98. The quantitative estimate of drug-likeness (QED) is 0.842. The fraction of sp³-hybridized carbons (Fsp3) is 0.524. The van der Waals surface area contributed by atoms with E-state index in [4.69, 9.17) is 14.5 Å². The number of hydrogen-bond acceptors (Lipinski definition) is 5. The van der Waals surface area contributed by atoms with Gasteiger partial charge in [0, 0.05) is 49.7 Å². The maximum atomic E-state index is 5.57. The van der Waals surface area contributed by atoms with Gasteiger partial charge in [0.25, 0.3) is 0 Å². The summed E-state index contributed by atoms with van der Waals surface area (Å²) in [5, 5.41) is 0. The molecule has 0 radical (unpaired) electrons. The zero-order chi connectivity index (χ0) is 17.8. The van der Waals surface area contributed by atoms with E-state index in [0.29, 0.717) is 12.0 Å². The highest BCUT2D eigenvalue weighted by atomic mass is 16.5. The molecule has 0 amide bonds. The van der Waals surface area contributed by atoms with Crippen LogP contribution in [0, 0.1) is 0 Å². The second-order valence-corrected chi connectivity index (χ2v) is 7.17. The van der Waals surface area contributed by atoms with Crippen molar-refractivity contribution in [3.63, 3.8) is 0 Å². The van der Waals surface area contributed by atoms with Gasteiger partial charge in [0.1, 0.15) is 5.75 Å². The Bertz CT molecular complexity index is 731. The summed E-state index contributed by atoms with van der Waals surface area (Å²) in [6.45, 7) is 4.03. The molecule has 0 bridgehead atoms. The highest BCUT2D eigenvalue weighted by Crippen LogP contribution is 2.36. The van der Waals surface area contributed by atoms with Crippen LogP contribution in [-0.2, 0) is 4.74 Å². The predicted octanol–water partition coefficient (Wildman–Crippen LogP) is 3.51. The zero-order valence-corrected chi connectivity index (χ0v) is 15.4. The molecule has 1 aromatic carbocycles. The number of likely N-dealkylation sites (tertiary alicyclic amines) is 1. The lowest BCUT2D eigenvalue weighted by molar-refractivity contribution is 0.0238. The number of aromatic nitrogens is 2. The van der Waals surface area contributed by atoms with Crippen molar-refractivity contribution in [1.82, 2.24) is 14.9 Å². The van der Waals surface area contributed by atoms with Gasteiger partial charge in [-0.1, -0.05) is 12.1 Å². The molecule has 2 aromatic rings. The van der Waals surface area contributed by atoms with Crippen LogP contribution in [0.2, 0.25) is 0 Å². The van der Waals surface area contributed by atoms with Crippen LogP contribution in [0.25, 0.3) is 11.3 Å². The molecule has 0 aliphatic carbocycles. The molecule has 0 spiro atoms.